The van der Waals surface area contributed by atoms with E-state index in [4.69, 9.17) is 17.3 Å². The molecule has 0 atom stereocenters. The summed E-state index contributed by atoms with van der Waals surface area (Å²) in [5.41, 5.74) is 10.7. The average molecular weight is 250 g/mol. The van der Waals surface area contributed by atoms with Crippen LogP contribution in [0, 0.1) is 20.8 Å². The number of hydrogen-bond donors (Lipinski definition) is 1. The predicted octanol–water partition coefficient (Wildman–Crippen LogP) is 2.91. The van der Waals surface area contributed by atoms with Crippen molar-refractivity contribution >= 4 is 11.6 Å². The molecule has 90 valence electrons. The van der Waals surface area contributed by atoms with E-state index >= 15 is 0 Å². The molecule has 0 bridgehead atoms. The largest absolute Gasteiger partial charge is 0.325 e. The predicted molar refractivity (Wildman–Crippen MR) is 70.7 cm³/mol. The quantitative estimate of drug-likeness (QED) is 0.890. The number of nitrogens with two attached hydrogens (primary N) is 1. The summed E-state index contributed by atoms with van der Waals surface area (Å²) < 4.78 is 1.86. The van der Waals surface area contributed by atoms with E-state index in [0.717, 1.165) is 33.2 Å². The summed E-state index contributed by atoms with van der Waals surface area (Å²) in [6.45, 7) is 6.51. The highest BCUT2D eigenvalue weighted by molar-refractivity contribution is 6.32. The van der Waals surface area contributed by atoms with Gasteiger partial charge in [0, 0.05) is 12.2 Å². The number of halogens is 1. The summed E-state index contributed by atoms with van der Waals surface area (Å²) in [6, 6.07) is 6.03. The van der Waals surface area contributed by atoms with Crippen LogP contribution in [0.25, 0.3) is 5.69 Å². The Bertz CT molecular complexity index is 535. The van der Waals surface area contributed by atoms with Gasteiger partial charge in [-0.2, -0.15) is 5.10 Å². The Morgan fingerprint density at radius 3 is 2.47 bits per heavy atom. The van der Waals surface area contributed by atoms with Crippen molar-refractivity contribution in [2.24, 2.45) is 5.73 Å². The number of aromatic nitrogens is 2. The molecular weight excluding hydrogens is 234 g/mol. The highest BCUT2D eigenvalue weighted by Crippen LogP contribution is 2.26. The maximum atomic E-state index is 6.30. The summed E-state index contributed by atoms with van der Waals surface area (Å²) in [5.74, 6) is 0. The van der Waals surface area contributed by atoms with Gasteiger partial charge in [-0.25, -0.2) is 4.68 Å². The second-order valence-corrected chi connectivity index (χ2v) is 4.71. The third-order valence-corrected chi connectivity index (χ3v) is 3.05. The van der Waals surface area contributed by atoms with Crippen molar-refractivity contribution in [3.05, 3.63) is 45.7 Å². The molecule has 0 spiro atoms. The van der Waals surface area contributed by atoms with Gasteiger partial charge >= 0.3 is 0 Å². The van der Waals surface area contributed by atoms with Crippen molar-refractivity contribution in [3.63, 3.8) is 0 Å². The first-order valence-electron chi connectivity index (χ1n) is 5.55. The molecule has 0 aliphatic heterocycles. The van der Waals surface area contributed by atoms with Crippen LogP contribution in [0.2, 0.25) is 5.02 Å². The number of benzene rings is 1. The third kappa shape index (κ3) is 2.21. The third-order valence-electron chi connectivity index (χ3n) is 2.76. The van der Waals surface area contributed by atoms with E-state index < -0.39 is 0 Å². The molecule has 0 amide bonds. The van der Waals surface area contributed by atoms with Crippen LogP contribution in [-0.4, -0.2) is 9.78 Å². The number of aryl methyl sites for hydroxylation is 3. The first-order chi connectivity index (χ1) is 8.02. The first kappa shape index (κ1) is 12.1. The molecular formula is C13H16ClN3. The fraction of sp³-hybridized carbons (Fsp3) is 0.308. The molecule has 0 saturated heterocycles. The fourth-order valence-corrected chi connectivity index (χ4v) is 2.44. The van der Waals surface area contributed by atoms with Crippen molar-refractivity contribution in [1.29, 1.82) is 0 Å². The normalized spacial score (nSPS) is 10.9. The van der Waals surface area contributed by atoms with Crippen LogP contribution in [0.4, 0.5) is 0 Å². The molecule has 0 fully saturated rings. The van der Waals surface area contributed by atoms with Gasteiger partial charge in [0.1, 0.15) is 0 Å². The molecule has 1 aromatic carbocycles. The molecule has 0 unspecified atom stereocenters. The van der Waals surface area contributed by atoms with Crippen LogP contribution in [-0.2, 0) is 6.54 Å². The van der Waals surface area contributed by atoms with E-state index in [9.17, 15) is 0 Å². The van der Waals surface area contributed by atoms with E-state index in [1.807, 2.05) is 37.6 Å². The Kier molecular flexibility index (Phi) is 3.22. The molecule has 4 heteroatoms. The van der Waals surface area contributed by atoms with E-state index in [2.05, 4.69) is 11.2 Å². The lowest BCUT2D eigenvalue weighted by molar-refractivity contribution is 0.807. The zero-order valence-electron chi connectivity index (χ0n) is 10.3. The minimum atomic E-state index is 0.441. The summed E-state index contributed by atoms with van der Waals surface area (Å²) in [5, 5.41) is 5.18. The Labute approximate surface area is 106 Å². The van der Waals surface area contributed by atoms with Gasteiger partial charge < -0.3 is 5.73 Å². The van der Waals surface area contributed by atoms with E-state index in [0.29, 0.717) is 6.54 Å². The summed E-state index contributed by atoms with van der Waals surface area (Å²) >= 11 is 6.30. The second-order valence-electron chi connectivity index (χ2n) is 4.31. The van der Waals surface area contributed by atoms with Crippen molar-refractivity contribution in [3.8, 4) is 5.69 Å². The molecule has 2 aromatic rings. The Morgan fingerprint density at radius 2 is 1.94 bits per heavy atom. The molecule has 0 aliphatic carbocycles. The van der Waals surface area contributed by atoms with Crippen LogP contribution in [0.3, 0.4) is 0 Å². The van der Waals surface area contributed by atoms with Gasteiger partial charge in [-0.3, -0.25) is 0 Å². The van der Waals surface area contributed by atoms with Crippen LogP contribution in [0.15, 0.2) is 18.2 Å². The molecule has 1 heterocycles. The molecule has 3 nitrogen and oxygen atoms in total. The molecule has 2 N–H and O–H groups in total. The fourth-order valence-electron chi connectivity index (χ4n) is 2.04. The van der Waals surface area contributed by atoms with Gasteiger partial charge in [0.2, 0.25) is 0 Å². The average Bonchev–Trinajstić information content (AvgIpc) is 2.59. The summed E-state index contributed by atoms with van der Waals surface area (Å²) in [7, 11) is 0. The van der Waals surface area contributed by atoms with Crippen LogP contribution >= 0.6 is 11.6 Å². The monoisotopic (exact) mass is 249 g/mol. The van der Waals surface area contributed by atoms with Crippen LogP contribution in [0.5, 0.6) is 0 Å². The van der Waals surface area contributed by atoms with E-state index in [1.54, 1.807) is 0 Å². The van der Waals surface area contributed by atoms with Gasteiger partial charge in [0.25, 0.3) is 0 Å². The van der Waals surface area contributed by atoms with Crippen LogP contribution in [0.1, 0.15) is 22.5 Å². The first-order valence-corrected chi connectivity index (χ1v) is 5.93. The Hall–Kier alpha value is -1.32. The van der Waals surface area contributed by atoms with Gasteiger partial charge in [-0.1, -0.05) is 17.7 Å². The van der Waals surface area contributed by atoms with Crippen molar-refractivity contribution in [2.75, 3.05) is 0 Å². The molecule has 1 aromatic heterocycles. The molecule has 0 saturated carbocycles. The highest BCUT2D eigenvalue weighted by Gasteiger charge is 2.11. The summed E-state index contributed by atoms with van der Waals surface area (Å²) in [4.78, 5) is 0. The van der Waals surface area contributed by atoms with Gasteiger partial charge in [0.05, 0.1) is 16.4 Å². The van der Waals surface area contributed by atoms with Gasteiger partial charge in [0.15, 0.2) is 0 Å². The lowest BCUT2D eigenvalue weighted by Crippen LogP contribution is -2.04. The highest BCUT2D eigenvalue weighted by atomic mass is 35.5. The zero-order chi connectivity index (χ0) is 12.6. The molecule has 2 rings (SSSR count). The zero-order valence-corrected chi connectivity index (χ0v) is 11.0. The Morgan fingerprint density at radius 1 is 1.24 bits per heavy atom. The standard InChI is InChI=1S/C13H16ClN3/c1-8-4-9(2)13(12(14)5-8)17-10(3)6-11(7-15)16-17/h4-6H,7,15H2,1-3H3. The van der Waals surface area contributed by atoms with Crippen molar-refractivity contribution in [1.82, 2.24) is 9.78 Å². The van der Waals surface area contributed by atoms with E-state index in [-0.39, 0.29) is 0 Å². The Balaban J connectivity index is 2.63. The number of hydrogen-bond acceptors (Lipinski definition) is 2. The molecule has 17 heavy (non-hydrogen) atoms. The van der Waals surface area contributed by atoms with Gasteiger partial charge in [-0.05, 0) is 44.0 Å². The minimum absolute atomic E-state index is 0.441. The number of rotatable bonds is 2. The second kappa shape index (κ2) is 4.51. The maximum absolute atomic E-state index is 6.30. The van der Waals surface area contributed by atoms with Crippen molar-refractivity contribution < 1.29 is 0 Å². The number of nitrogens with zero attached hydrogens (tertiary/aromatic N) is 2. The molecule has 0 radical (unpaired) electrons. The van der Waals surface area contributed by atoms with Gasteiger partial charge in [-0.15, -0.1) is 0 Å². The maximum Gasteiger partial charge on any atom is 0.0864 e. The summed E-state index contributed by atoms with van der Waals surface area (Å²) in [6.07, 6.45) is 0. The lowest BCUT2D eigenvalue weighted by Gasteiger charge is -2.11. The van der Waals surface area contributed by atoms with Crippen LogP contribution < -0.4 is 5.73 Å². The van der Waals surface area contributed by atoms with Crippen molar-refractivity contribution in [2.45, 2.75) is 27.3 Å². The van der Waals surface area contributed by atoms with E-state index in [1.165, 1.54) is 0 Å². The lowest BCUT2D eigenvalue weighted by atomic mass is 10.1. The SMILES string of the molecule is Cc1cc(C)c(-n2nc(CN)cc2C)c(Cl)c1. The minimum Gasteiger partial charge on any atom is -0.325 e. The smallest absolute Gasteiger partial charge is 0.0864 e. The molecule has 0 aliphatic rings. The topological polar surface area (TPSA) is 43.8 Å².